The lowest BCUT2D eigenvalue weighted by Crippen LogP contribution is -2.24. The summed E-state index contributed by atoms with van der Waals surface area (Å²) in [5.74, 6) is -1.24. The molecule has 0 heterocycles. The predicted molar refractivity (Wildman–Crippen MR) is 67.0 cm³/mol. The van der Waals surface area contributed by atoms with E-state index in [9.17, 15) is 29.3 Å². The zero-order chi connectivity index (χ0) is 16.5. The first-order chi connectivity index (χ1) is 9.62. The molecule has 0 saturated heterocycles. The molecule has 2 atom stereocenters. The highest BCUT2D eigenvalue weighted by Gasteiger charge is 2.24. The van der Waals surface area contributed by atoms with Crippen LogP contribution in [0.15, 0.2) is 0 Å². The molecule has 0 saturated carbocycles. The number of phosphoric ester groups is 1. The van der Waals surface area contributed by atoms with Gasteiger partial charge in [0.25, 0.3) is 0 Å². The van der Waals surface area contributed by atoms with Gasteiger partial charge in [0.15, 0.2) is 0 Å². The molecule has 0 amide bonds. The van der Waals surface area contributed by atoms with Gasteiger partial charge in [-0.05, 0) is 0 Å². The monoisotopic (exact) mass is 330 g/mol. The van der Waals surface area contributed by atoms with E-state index in [4.69, 9.17) is 0 Å². The third kappa shape index (κ3) is 12.4. The molecule has 0 aromatic rings. The van der Waals surface area contributed by atoms with Crippen LogP contribution >= 0.6 is 7.82 Å². The maximum atomic E-state index is 11.4. The minimum absolute atomic E-state index is 0.398. The number of ether oxygens (including phenoxy) is 2. The van der Waals surface area contributed by atoms with Gasteiger partial charge in [0.2, 0.25) is 0 Å². The summed E-state index contributed by atoms with van der Waals surface area (Å²) in [5.41, 5.74) is 0. The van der Waals surface area contributed by atoms with E-state index in [0.717, 1.165) is 13.8 Å². The van der Waals surface area contributed by atoms with E-state index in [0.29, 0.717) is 0 Å². The van der Waals surface area contributed by atoms with Crippen LogP contribution in [-0.4, -0.2) is 65.7 Å². The topological polar surface area (TPSA) is 149 Å². The number of carbonyl (C=O) groups excluding carboxylic acids is 2. The molecule has 0 bridgehead atoms. The average molecular weight is 330 g/mol. The van der Waals surface area contributed by atoms with Crippen LogP contribution in [0.5, 0.6) is 0 Å². The van der Waals surface area contributed by atoms with Gasteiger partial charge in [0.1, 0.15) is 25.4 Å². The van der Waals surface area contributed by atoms with E-state index in [1.54, 1.807) is 0 Å². The number of rotatable bonds is 10. The van der Waals surface area contributed by atoms with Crippen molar-refractivity contribution in [2.75, 3.05) is 26.4 Å². The van der Waals surface area contributed by atoms with Crippen LogP contribution in [0.25, 0.3) is 0 Å². The van der Waals surface area contributed by atoms with E-state index in [-0.39, 0.29) is 0 Å². The van der Waals surface area contributed by atoms with Crippen LogP contribution in [-0.2, 0) is 32.7 Å². The third-order valence-electron chi connectivity index (χ3n) is 1.82. The van der Waals surface area contributed by atoms with Crippen molar-refractivity contribution < 1.29 is 47.8 Å². The summed E-state index contributed by atoms with van der Waals surface area (Å²) in [7, 11) is -4.50. The maximum absolute atomic E-state index is 11.4. The Bertz CT molecular complexity index is 352. The molecule has 0 fully saturated rings. The maximum Gasteiger partial charge on any atom is 0.472 e. The molecule has 0 aromatic carbocycles. The lowest BCUT2D eigenvalue weighted by molar-refractivity contribution is -0.145. The molecule has 0 radical (unpaired) electrons. The van der Waals surface area contributed by atoms with Crippen molar-refractivity contribution in [1.82, 2.24) is 0 Å². The molecule has 0 aliphatic carbocycles. The summed E-state index contributed by atoms with van der Waals surface area (Å²) >= 11 is 0. The molecule has 2 unspecified atom stereocenters. The Morgan fingerprint density at radius 2 is 1.24 bits per heavy atom. The predicted octanol–water partition coefficient (Wildman–Crippen LogP) is -1.03. The van der Waals surface area contributed by atoms with Crippen LogP contribution < -0.4 is 0 Å². The standard InChI is InChI=1S/C10H19O10P/c1-7(11)17-3-9(13)5-19-21(15,16)20-6-10(14)4-18-8(2)12/h9-10,13-14H,3-6H2,1-2H3,(H,15,16). The van der Waals surface area contributed by atoms with Gasteiger partial charge in [-0.15, -0.1) is 0 Å². The highest BCUT2D eigenvalue weighted by atomic mass is 31.2. The van der Waals surface area contributed by atoms with E-state index >= 15 is 0 Å². The molecule has 0 aromatic heterocycles. The summed E-state index contributed by atoms with van der Waals surface area (Å²) in [5, 5.41) is 18.6. The zero-order valence-corrected chi connectivity index (χ0v) is 12.5. The van der Waals surface area contributed by atoms with Gasteiger partial charge in [-0.25, -0.2) is 4.57 Å². The van der Waals surface area contributed by atoms with E-state index < -0.39 is 58.4 Å². The largest absolute Gasteiger partial charge is 0.472 e. The van der Waals surface area contributed by atoms with Gasteiger partial charge >= 0.3 is 19.8 Å². The number of aliphatic hydroxyl groups excluding tert-OH is 2. The van der Waals surface area contributed by atoms with Gasteiger partial charge in [0, 0.05) is 13.8 Å². The van der Waals surface area contributed by atoms with Crippen molar-refractivity contribution in [3.8, 4) is 0 Å². The fraction of sp³-hybridized carbons (Fsp3) is 0.800. The molecule has 124 valence electrons. The highest BCUT2D eigenvalue weighted by molar-refractivity contribution is 7.47. The van der Waals surface area contributed by atoms with Crippen LogP contribution in [0.3, 0.4) is 0 Å². The van der Waals surface area contributed by atoms with Gasteiger partial charge < -0.3 is 24.6 Å². The summed E-state index contributed by atoms with van der Waals surface area (Å²) < 4.78 is 29.1. The minimum atomic E-state index is -4.50. The summed E-state index contributed by atoms with van der Waals surface area (Å²) in [4.78, 5) is 30.2. The second kappa shape index (κ2) is 9.82. The molecule has 21 heavy (non-hydrogen) atoms. The smallest absolute Gasteiger partial charge is 0.463 e. The fourth-order valence-electron chi connectivity index (χ4n) is 0.921. The van der Waals surface area contributed by atoms with Gasteiger partial charge in [-0.3, -0.25) is 18.6 Å². The molecular formula is C10H19O10P. The summed E-state index contributed by atoms with van der Waals surface area (Å²) in [6, 6.07) is 0. The van der Waals surface area contributed by atoms with E-state index in [1.165, 1.54) is 0 Å². The Balaban J connectivity index is 3.94. The molecule has 0 aliphatic rings. The number of aliphatic hydroxyl groups is 2. The van der Waals surface area contributed by atoms with Crippen LogP contribution in [0, 0.1) is 0 Å². The molecular weight excluding hydrogens is 311 g/mol. The molecule has 0 rings (SSSR count). The van der Waals surface area contributed by atoms with Crippen molar-refractivity contribution in [1.29, 1.82) is 0 Å². The van der Waals surface area contributed by atoms with Crippen molar-refractivity contribution in [2.45, 2.75) is 26.1 Å². The first-order valence-electron chi connectivity index (χ1n) is 5.87. The van der Waals surface area contributed by atoms with Crippen molar-refractivity contribution in [3.63, 3.8) is 0 Å². The average Bonchev–Trinajstić information content (AvgIpc) is 2.38. The number of hydrogen-bond acceptors (Lipinski definition) is 9. The van der Waals surface area contributed by atoms with Gasteiger partial charge in [0.05, 0.1) is 13.2 Å². The van der Waals surface area contributed by atoms with Gasteiger partial charge in [-0.2, -0.15) is 0 Å². The molecule has 10 nitrogen and oxygen atoms in total. The van der Waals surface area contributed by atoms with Crippen molar-refractivity contribution in [3.05, 3.63) is 0 Å². The fourth-order valence-corrected chi connectivity index (χ4v) is 1.72. The Labute approximate surface area is 121 Å². The van der Waals surface area contributed by atoms with Crippen molar-refractivity contribution >= 4 is 19.8 Å². The van der Waals surface area contributed by atoms with Crippen LogP contribution in [0.2, 0.25) is 0 Å². The highest BCUT2D eigenvalue weighted by Crippen LogP contribution is 2.43. The summed E-state index contributed by atoms with van der Waals surface area (Å²) in [6.07, 6.45) is -2.60. The second-order valence-corrected chi connectivity index (χ2v) is 5.43. The molecule has 0 aliphatic heterocycles. The molecule has 3 N–H and O–H groups in total. The summed E-state index contributed by atoms with van der Waals surface area (Å²) in [6.45, 7) is 0.257. The lowest BCUT2D eigenvalue weighted by Gasteiger charge is -2.16. The van der Waals surface area contributed by atoms with Gasteiger partial charge in [-0.1, -0.05) is 0 Å². The Kier molecular flexibility index (Phi) is 9.34. The first kappa shape index (κ1) is 20.0. The van der Waals surface area contributed by atoms with Crippen LogP contribution in [0.1, 0.15) is 13.8 Å². The Morgan fingerprint density at radius 1 is 0.905 bits per heavy atom. The SMILES string of the molecule is CC(=O)OCC(O)COP(=O)(O)OCC(O)COC(C)=O. The lowest BCUT2D eigenvalue weighted by atomic mass is 10.4. The normalized spacial score (nSPS) is 16.6. The number of carbonyl (C=O) groups is 2. The third-order valence-corrected chi connectivity index (χ3v) is 2.77. The van der Waals surface area contributed by atoms with E-state index in [2.05, 4.69) is 18.5 Å². The van der Waals surface area contributed by atoms with Crippen LogP contribution in [0.4, 0.5) is 0 Å². The number of hydrogen-bond donors (Lipinski definition) is 3. The Morgan fingerprint density at radius 3 is 1.52 bits per heavy atom. The Hall–Kier alpha value is -1.03. The number of esters is 2. The van der Waals surface area contributed by atoms with Crippen molar-refractivity contribution in [2.24, 2.45) is 0 Å². The molecule has 0 spiro atoms. The second-order valence-electron chi connectivity index (χ2n) is 3.97. The van der Waals surface area contributed by atoms with E-state index in [1.807, 2.05) is 0 Å². The zero-order valence-electron chi connectivity index (χ0n) is 11.6. The minimum Gasteiger partial charge on any atom is -0.463 e. The first-order valence-corrected chi connectivity index (χ1v) is 7.36. The molecule has 11 heteroatoms. The quantitative estimate of drug-likeness (QED) is 0.335. The number of phosphoric acid groups is 1.